The third-order valence-corrected chi connectivity index (χ3v) is 2.41. The van der Waals surface area contributed by atoms with Gasteiger partial charge in [0.25, 0.3) is 0 Å². The summed E-state index contributed by atoms with van der Waals surface area (Å²) in [6, 6.07) is 4.46. The van der Waals surface area contributed by atoms with E-state index in [0.717, 1.165) is 0 Å². The molecule has 0 atom stereocenters. The Morgan fingerprint density at radius 1 is 1.35 bits per heavy atom. The third kappa shape index (κ3) is 2.18. The van der Waals surface area contributed by atoms with E-state index >= 15 is 0 Å². The number of rotatable bonds is 4. The molecule has 0 aliphatic rings. The summed E-state index contributed by atoms with van der Waals surface area (Å²) < 4.78 is 4.82. The third-order valence-electron chi connectivity index (χ3n) is 2.41. The Morgan fingerprint density at radius 2 is 2.12 bits per heavy atom. The normalized spacial score (nSPS) is 10.6. The fraction of sp³-hybridized carbons (Fsp3) is 0.250. The Bertz CT molecular complexity index is 635. The van der Waals surface area contributed by atoms with Gasteiger partial charge in [0, 0.05) is 12.0 Å². The standard InChI is InChI=1S/C12H11NO4/c1-2-3-9(14)11(15)7-4-5-8-10(6-7)17-12(16)13-8/h4-6H,2-3H2,1H3,(H,13,16). The molecule has 88 valence electrons. The summed E-state index contributed by atoms with van der Waals surface area (Å²) in [6.45, 7) is 1.83. The molecular weight excluding hydrogens is 222 g/mol. The number of aromatic amines is 1. The number of hydrogen-bond donors (Lipinski definition) is 1. The number of ketones is 2. The smallest absolute Gasteiger partial charge is 0.408 e. The first-order chi connectivity index (χ1) is 8.11. The highest BCUT2D eigenvalue weighted by Gasteiger charge is 2.16. The summed E-state index contributed by atoms with van der Waals surface area (Å²) in [7, 11) is 0. The summed E-state index contributed by atoms with van der Waals surface area (Å²) in [5.41, 5.74) is 1.04. The number of aromatic nitrogens is 1. The lowest BCUT2D eigenvalue weighted by Gasteiger charge is -1.98. The van der Waals surface area contributed by atoms with Gasteiger partial charge in [-0.15, -0.1) is 0 Å². The van der Waals surface area contributed by atoms with Crippen molar-refractivity contribution in [2.24, 2.45) is 0 Å². The van der Waals surface area contributed by atoms with Crippen molar-refractivity contribution in [3.63, 3.8) is 0 Å². The van der Waals surface area contributed by atoms with Gasteiger partial charge in [-0.2, -0.15) is 0 Å². The Hall–Kier alpha value is -2.17. The minimum Gasteiger partial charge on any atom is -0.408 e. The Morgan fingerprint density at radius 3 is 2.82 bits per heavy atom. The van der Waals surface area contributed by atoms with Gasteiger partial charge in [-0.05, 0) is 24.6 Å². The summed E-state index contributed by atoms with van der Waals surface area (Å²) >= 11 is 0. The predicted octanol–water partition coefficient (Wildman–Crippen LogP) is 1.67. The van der Waals surface area contributed by atoms with Crippen molar-refractivity contribution < 1.29 is 14.0 Å². The van der Waals surface area contributed by atoms with Crippen molar-refractivity contribution in [3.8, 4) is 0 Å². The molecule has 0 fully saturated rings. The van der Waals surface area contributed by atoms with E-state index in [1.54, 1.807) is 6.07 Å². The van der Waals surface area contributed by atoms with Gasteiger partial charge >= 0.3 is 5.76 Å². The van der Waals surface area contributed by atoms with E-state index in [0.29, 0.717) is 11.9 Å². The molecule has 2 rings (SSSR count). The van der Waals surface area contributed by atoms with Gasteiger partial charge in [-0.3, -0.25) is 14.6 Å². The van der Waals surface area contributed by atoms with Crippen LogP contribution in [-0.4, -0.2) is 16.6 Å². The molecule has 0 aliphatic carbocycles. The number of nitrogens with one attached hydrogen (secondary N) is 1. The molecule has 17 heavy (non-hydrogen) atoms. The summed E-state index contributed by atoms with van der Waals surface area (Å²) in [6.07, 6.45) is 0.861. The molecule has 0 radical (unpaired) electrons. The van der Waals surface area contributed by atoms with Crippen molar-refractivity contribution in [2.45, 2.75) is 19.8 Å². The fourth-order valence-corrected chi connectivity index (χ4v) is 1.59. The maximum absolute atomic E-state index is 11.7. The second-order valence-corrected chi connectivity index (χ2v) is 3.73. The number of hydrogen-bond acceptors (Lipinski definition) is 4. The van der Waals surface area contributed by atoms with E-state index in [-0.39, 0.29) is 17.6 Å². The van der Waals surface area contributed by atoms with Crippen LogP contribution in [0.5, 0.6) is 0 Å². The van der Waals surface area contributed by atoms with Gasteiger partial charge in [0.1, 0.15) is 0 Å². The first kappa shape index (κ1) is 11.3. The molecule has 0 bridgehead atoms. The van der Waals surface area contributed by atoms with Crippen LogP contribution in [0.15, 0.2) is 27.4 Å². The highest BCUT2D eigenvalue weighted by molar-refractivity contribution is 6.43. The van der Waals surface area contributed by atoms with Gasteiger partial charge in [0.2, 0.25) is 11.6 Å². The number of fused-ring (bicyclic) bond motifs is 1. The van der Waals surface area contributed by atoms with Crippen LogP contribution in [0.2, 0.25) is 0 Å². The van der Waals surface area contributed by atoms with Gasteiger partial charge < -0.3 is 4.42 Å². The highest BCUT2D eigenvalue weighted by Crippen LogP contribution is 2.13. The summed E-state index contributed by atoms with van der Waals surface area (Å²) in [5.74, 6) is -1.55. The van der Waals surface area contributed by atoms with Crippen LogP contribution in [-0.2, 0) is 4.79 Å². The number of Topliss-reactive ketones (excluding diaryl/α,β-unsaturated/α-hetero) is 2. The van der Waals surface area contributed by atoms with Crippen molar-refractivity contribution >= 4 is 22.7 Å². The zero-order chi connectivity index (χ0) is 12.4. The molecule has 0 spiro atoms. The van der Waals surface area contributed by atoms with E-state index in [4.69, 9.17) is 4.42 Å². The van der Waals surface area contributed by atoms with Crippen molar-refractivity contribution in [3.05, 3.63) is 34.3 Å². The summed E-state index contributed by atoms with van der Waals surface area (Å²) in [4.78, 5) is 36.5. The minimum atomic E-state index is -0.579. The quantitative estimate of drug-likeness (QED) is 0.643. The van der Waals surface area contributed by atoms with Crippen molar-refractivity contribution in [2.75, 3.05) is 0 Å². The Kier molecular flexibility index (Phi) is 2.91. The van der Waals surface area contributed by atoms with E-state index < -0.39 is 17.3 Å². The lowest BCUT2D eigenvalue weighted by Crippen LogP contribution is -2.13. The minimum absolute atomic E-state index is 0.230. The van der Waals surface area contributed by atoms with Gasteiger partial charge in [0.05, 0.1) is 5.52 Å². The van der Waals surface area contributed by atoms with E-state index in [1.165, 1.54) is 12.1 Å². The molecule has 5 heteroatoms. The SMILES string of the molecule is CCCC(=O)C(=O)c1ccc2[nH]c(=O)oc2c1. The Labute approximate surface area is 96.4 Å². The molecule has 0 aliphatic heterocycles. The highest BCUT2D eigenvalue weighted by atomic mass is 16.4. The molecule has 1 N–H and O–H groups in total. The lowest BCUT2D eigenvalue weighted by molar-refractivity contribution is -0.115. The van der Waals surface area contributed by atoms with Crippen LogP contribution in [0.4, 0.5) is 0 Å². The predicted molar refractivity (Wildman–Crippen MR) is 61.1 cm³/mol. The molecule has 0 saturated carbocycles. The average Bonchev–Trinajstić information content (AvgIpc) is 2.67. The van der Waals surface area contributed by atoms with Gasteiger partial charge in [-0.25, -0.2) is 4.79 Å². The summed E-state index contributed by atoms with van der Waals surface area (Å²) in [5, 5.41) is 0. The largest absolute Gasteiger partial charge is 0.417 e. The van der Waals surface area contributed by atoms with Crippen LogP contribution >= 0.6 is 0 Å². The van der Waals surface area contributed by atoms with E-state index in [9.17, 15) is 14.4 Å². The monoisotopic (exact) mass is 233 g/mol. The number of carbonyl (C=O) groups excluding carboxylic acids is 2. The Balaban J connectivity index is 2.39. The molecule has 1 aromatic carbocycles. The van der Waals surface area contributed by atoms with E-state index in [2.05, 4.69) is 4.98 Å². The lowest BCUT2D eigenvalue weighted by atomic mass is 10.0. The van der Waals surface area contributed by atoms with Crippen molar-refractivity contribution in [1.82, 2.24) is 4.98 Å². The number of oxazole rings is 1. The first-order valence-electron chi connectivity index (χ1n) is 5.32. The maximum atomic E-state index is 11.7. The van der Waals surface area contributed by atoms with Gasteiger partial charge in [0.15, 0.2) is 5.58 Å². The number of carbonyl (C=O) groups is 2. The number of benzene rings is 1. The van der Waals surface area contributed by atoms with Gasteiger partial charge in [-0.1, -0.05) is 6.92 Å². The molecule has 0 saturated heterocycles. The molecular formula is C12H11NO4. The zero-order valence-corrected chi connectivity index (χ0v) is 9.28. The van der Waals surface area contributed by atoms with Crippen LogP contribution in [0.25, 0.3) is 11.1 Å². The van der Waals surface area contributed by atoms with E-state index in [1.807, 2.05) is 6.92 Å². The van der Waals surface area contributed by atoms with Crippen LogP contribution in [0.1, 0.15) is 30.1 Å². The second kappa shape index (κ2) is 4.37. The average molecular weight is 233 g/mol. The van der Waals surface area contributed by atoms with Crippen LogP contribution in [0.3, 0.4) is 0 Å². The molecule has 5 nitrogen and oxygen atoms in total. The topological polar surface area (TPSA) is 80.1 Å². The first-order valence-corrected chi connectivity index (χ1v) is 5.32. The van der Waals surface area contributed by atoms with Crippen LogP contribution < -0.4 is 5.76 Å². The molecule has 0 unspecified atom stereocenters. The molecule has 2 aromatic rings. The van der Waals surface area contributed by atoms with Crippen LogP contribution in [0, 0.1) is 0 Å². The van der Waals surface area contributed by atoms with Crippen molar-refractivity contribution in [1.29, 1.82) is 0 Å². The molecule has 0 amide bonds. The molecule has 1 aromatic heterocycles. The fourth-order valence-electron chi connectivity index (χ4n) is 1.59. The molecule has 1 heterocycles. The second-order valence-electron chi connectivity index (χ2n) is 3.73. The maximum Gasteiger partial charge on any atom is 0.417 e. The number of H-pyrrole nitrogens is 1. The zero-order valence-electron chi connectivity index (χ0n) is 9.28.